The number of carboxylic acid groups (broad SMARTS) is 1. The Morgan fingerprint density at radius 1 is 1.73 bits per heavy atom. The summed E-state index contributed by atoms with van der Waals surface area (Å²) in [6, 6.07) is -0.754. The van der Waals surface area contributed by atoms with Crippen molar-refractivity contribution in [1.82, 2.24) is 9.97 Å². The van der Waals surface area contributed by atoms with Crippen molar-refractivity contribution in [2.75, 3.05) is 12.4 Å². The van der Waals surface area contributed by atoms with Crippen LogP contribution in [0, 0.1) is 0 Å². The summed E-state index contributed by atoms with van der Waals surface area (Å²) in [6.07, 6.45) is 1.49. The highest BCUT2D eigenvalue weighted by Gasteiger charge is 2.12. The molecule has 0 aromatic carbocycles. The summed E-state index contributed by atoms with van der Waals surface area (Å²) in [7, 11) is 1.47. The van der Waals surface area contributed by atoms with Crippen LogP contribution in [0.4, 0.5) is 5.95 Å². The van der Waals surface area contributed by atoms with Crippen molar-refractivity contribution >= 4 is 27.8 Å². The molecule has 1 unspecified atom stereocenters. The van der Waals surface area contributed by atoms with Crippen LogP contribution < -0.4 is 10.1 Å². The van der Waals surface area contributed by atoms with Gasteiger partial charge in [-0.05, 0) is 22.9 Å². The zero-order valence-corrected chi connectivity index (χ0v) is 9.78. The summed E-state index contributed by atoms with van der Waals surface area (Å²) in [5, 5.41) is 11.3. The van der Waals surface area contributed by atoms with Crippen LogP contribution in [0.2, 0.25) is 0 Å². The summed E-state index contributed by atoms with van der Waals surface area (Å²) >= 11 is 3.19. The van der Waals surface area contributed by atoms with Crippen LogP contribution in [0.3, 0.4) is 0 Å². The Labute approximate surface area is 94.8 Å². The van der Waals surface area contributed by atoms with Gasteiger partial charge in [-0.2, -0.15) is 4.98 Å². The van der Waals surface area contributed by atoms with Gasteiger partial charge in [-0.3, -0.25) is 4.79 Å². The van der Waals surface area contributed by atoms with E-state index >= 15 is 0 Å². The minimum atomic E-state index is -0.972. The zero-order chi connectivity index (χ0) is 11.4. The fourth-order valence-electron chi connectivity index (χ4n) is 0.820. The number of hydrogen-bond acceptors (Lipinski definition) is 5. The second-order valence-corrected chi connectivity index (χ2v) is 3.61. The van der Waals surface area contributed by atoms with Gasteiger partial charge in [0.2, 0.25) is 11.8 Å². The number of hydrogen-bond donors (Lipinski definition) is 2. The predicted molar refractivity (Wildman–Crippen MR) is 57.0 cm³/mol. The summed E-state index contributed by atoms with van der Waals surface area (Å²) < 4.78 is 5.55. The number of aliphatic carboxylic acids is 1. The van der Waals surface area contributed by atoms with E-state index in [9.17, 15) is 4.79 Å². The van der Waals surface area contributed by atoms with Crippen molar-refractivity contribution in [2.45, 2.75) is 13.0 Å². The molecule has 1 aromatic heterocycles. The van der Waals surface area contributed by atoms with E-state index in [4.69, 9.17) is 9.84 Å². The van der Waals surface area contributed by atoms with Gasteiger partial charge in [-0.25, -0.2) is 4.98 Å². The van der Waals surface area contributed by atoms with E-state index < -0.39 is 12.0 Å². The number of rotatable bonds is 4. The molecule has 0 bridgehead atoms. The van der Waals surface area contributed by atoms with E-state index in [2.05, 4.69) is 31.2 Å². The van der Waals surface area contributed by atoms with E-state index in [0.29, 0.717) is 10.4 Å². The highest BCUT2D eigenvalue weighted by molar-refractivity contribution is 9.10. The Balaban J connectivity index is 2.83. The number of aromatic nitrogens is 2. The van der Waals surface area contributed by atoms with Crippen molar-refractivity contribution in [3.8, 4) is 5.88 Å². The third-order valence-electron chi connectivity index (χ3n) is 1.62. The van der Waals surface area contributed by atoms with Crippen LogP contribution >= 0.6 is 15.9 Å². The van der Waals surface area contributed by atoms with Crippen LogP contribution in [-0.4, -0.2) is 34.2 Å². The monoisotopic (exact) mass is 275 g/mol. The fourth-order valence-corrected chi connectivity index (χ4v) is 1.17. The molecule has 1 aromatic rings. The zero-order valence-electron chi connectivity index (χ0n) is 8.19. The molecular weight excluding hydrogens is 266 g/mol. The Morgan fingerprint density at radius 3 is 2.93 bits per heavy atom. The van der Waals surface area contributed by atoms with Gasteiger partial charge in [0.25, 0.3) is 0 Å². The number of ether oxygens (including phenoxy) is 1. The number of nitrogens with zero attached hydrogens (tertiary/aromatic N) is 2. The van der Waals surface area contributed by atoms with Crippen molar-refractivity contribution in [3.63, 3.8) is 0 Å². The third-order valence-corrected chi connectivity index (χ3v) is 2.17. The standard InChI is InChI=1S/C8H10BrN3O3/c1-4(7(13)14)11-8-10-3-5(9)6(12-8)15-2/h3-4H,1-2H3,(H,13,14)(H,10,11,12). The van der Waals surface area contributed by atoms with Crippen molar-refractivity contribution in [3.05, 3.63) is 10.7 Å². The molecule has 2 N–H and O–H groups in total. The molecule has 0 radical (unpaired) electrons. The first-order valence-electron chi connectivity index (χ1n) is 4.10. The molecule has 15 heavy (non-hydrogen) atoms. The number of methoxy groups -OCH3 is 1. The van der Waals surface area contributed by atoms with Crippen LogP contribution in [0.5, 0.6) is 5.88 Å². The lowest BCUT2D eigenvalue weighted by atomic mass is 10.3. The van der Waals surface area contributed by atoms with Gasteiger partial charge in [0.1, 0.15) is 6.04 Å². The largest absolute Gasteiger partial charge is 0.480 e. The topological polar surface area (TPSA) is 84.3 Å². The van der Waals surface area contributed by atoms with Gasteiger partial charge in [-0.15, -0.1) is 0 Å². The molecule has 82 valence electrons. The molecule has 1 rings (SSSR count). The van der Waals surface area contributed by atoms with Gasteiger partial charge >= 0.3 is 5.97 Å². The molecular formula is C8H10BrN3O3. The molecule has 0 saturated carbocycles. The van der Waals surface area contributed by atoms with E-state index in [1.54, 1.807) is 0 Å². The molecule has 1 atom stereocenters. The molecule has 0 spiro atoms. The maximum Gasteiger partial charge on any atom is 0.325 e. The predicted octanol–water partition coefficient (Wildman–Crippen LogP) is 1.13. The van der Waals surface area contributed by atoms with Crippen molar-refractivity contribution in [2.24, 2.45) is 0 Å². The Bertz CT molecular complexity index is 372. The number of nitrogens with one attached hydrogen (secondary N) is 1. The van der Waals surface area contributed by atoms with Crippen LogP contribution in [0.1, 0.15) is 6.92 Å². The average molecular weight is 276 g/mol. The van der Waals surface area contributed by atoms with Crippen molar-refractivity contribution < 1.29 is 14.6 Å². The Kier molecular flexibility index (Phi) is 3.84. The quantitative estimate of drug-likeness (QED) is 0.857. The smallest absolute Gasteiger partial charge is 0.325 e. The number of halogens is 1. The number of carboxylic acids is 1. The van der Waals surface area contributed by atoms with E-state index in [1.165, 1.54) is 20.2 Å². The number of carbonyl (C=O) groups is 1. The first-order chi connectivity index (χ1) is 7.04. The first-order valence-corrected chi connectivity index (χ1v) is 4.89. The maximum absolute atomic E-state index is 10.6. The van der Waals surface area contributed by atoms with E-state index in [-0.39, 0.29) is 5.95 Å². The minimum Gasteiger partial charge on any atom is -0.480 e. The number of anilines is 1. The van der Waals surface area contributed by atoms with Crippen LogP contribution in [0.15, 0.2) is 10.7 Å². The van der Waals surface area contributed by atoms with E-state index in [0.717, 1.165) is 0 Å². The summed E-state index contributed by atoms with van der Waals surface area (Å²) in [6.45, 7) is 1.50. The summed E-state index contributed by atoms with van der Waals surface area (Å²) in [5.74, 6) is -0.407. The molecule has 0 aliphatic heterocycles. The SMILES string of the molecule is COc1nc(NC(C)C(=O)O)ncc1Br. The van der Waals surface area contributed by atoms with Gasteiger partial charge in [0, 0.05) is 0 Å². The van der Waals surface area contributed by atoms with E-state index in [1.807, 2.05) is 0 Å². The third kappa shape index (κ3) is 3.05. The molecule has 0 aliphatic carbocycles. The lowest BCUT2D eigenvalue weighted by molar-refractivity contribution is -0.137. The van der Waals surface area contributed by atoms with Gasteiger partial charge < -0.3 is 15.2 Å². The van der Waals surface area contributed by atoms with Gasteiger partial charge in [0.15, 0.2) is 0 Å². The Morgan fingerprint density at radius 2 is 2.40 bits per heavy atom. The van der Waals surface area contributed by atoms with Gasteiger partial charge in [-0.1, -0.05) is 0 Å². The maximum atomic E-state index is 10.6. The normalized spacial score (nSPS) is 11.9. The lowest BCUT2D eigenvalue weighted by Crippen LogP contribution is -2.26. The molecule has 1 heterocycles. The summed E-state index contributed by atoms with van der Waals surface area (Å²) in [4.78, 5) is 18.4. The first kappa shape index (κ1) is 11.7. The average Bonchev–Trinajstić information content (AvgIpc) is 2.20. The molecule has 7 heteroatoms. The fraction of sp³-hybridized carbons (Fsp3) is 0.375. The molecule has 0 amide bonds. The lowest BCUT2D eigenvalue weighted by Gasteiger charge is -2.09. The molecule has 6 nitrogen and oxygen atoms in total. The second-order valence-electron chi connectivity index (χ2n) is 2.76. The minimum absolute atomic E-state index is 0.213. The second kappa shape index (κ2) is 4.92. The van der Waals surface area contributed by atoms with Crippen LogP contribution in [-0.2, 0) is 4.79 Å². The highest BCUT2D eigenvalue weighted by atomic mass is 79.9. The van der Waals surface area contributed by atoms with Crippen molar-refractivity contribution in [1.29, 1.82) is 0 Å². The molecule has 0 saturated heterocycles. The highest BCUT2D eigenvalue weighted by Crippen LogP contribution is 2.21. The molecule has 0 aliphatic rings. The Hall–Kier alpha value is -1.37. The summed E-state index contributed by atoms with van der Waals surface area (Å²) in [5.41, 5.74) is 0. The van der Waals surface area contributed by atoms with Crippen LogP contribution in [0.25, 0.3) is 0 Å². The van der Waals surface area contributed by atoms with Gasteiger partial charge in [0.05, 0.1) is 17.8 Å². The molecule has 0 fully saturated rings.